The zero-order valence-electron chi connectivity index (χ0n) is 30.3. The smallest absolute Gasteiger partial charge is 0.164 e. The summed E-state index contributed by atoms with van der Waals surface area (Å²) in [5.74, 6) is 1.83. The molecule has 0 aliphatic carbocycles. The Kier molecular flexibility index (Phi) is 7.03. The predicted molar refractivity (Wildman–Crippen MR) is 234 cm³/mol. The number of para-hydroxylation sites is 1. The highest BCUT2D eigenvalue weighted by Crippen LogP contribution is 2.43. The molecule has 0 N–H and O–H groups in total. The van der Waals surface area contributed by atoms with Crippen LogP contribution in [0.2, 0.25) is 0 Å². The molecule has 0 fully saturated rings. The molecule has 6 heteroatoms. The molecule has 0 bridgehead atoms. The van der Waals surface area contributed by atoms with Crippen LogP contribution in [0.15, 0.2) is 185 Å². The van der Waals surface area contributed by atoms with Crippen molar-refractivity contribution in [2.45, 2.75) is 0 Å². The molecule has 12 rings (SSSR count). The van der Waals surface area contributed by atoms with Crippen molar-refractivity contribution < 1.29 is 8.83 Å². The number of thiophene rings is 1. The summed E-state index contributed by atoms with van der Waals surface area (Å²) in [5, 5.41) is 6.82. The van der Waals surface area contributed by atoms with Crippen molar-refractivity contribution in [3.63, 3.8) is 0 Å². The fourth-order valence-electron chi connectivity index (χ4n) is 8.14. The molecule has 266 valence electrons. The maximum atomic E-state index is 6.67. The van der Waals surface area contributed by atoms with E-state index in [9.17, 15) is 0 Å². The van der Waals surface area contributed by atoms with E-state index in [1.54, 1.807) is 0 Å². The van der Waals surface area contributed by atoms with Crippen LogP contribution in [0.5, 0.6) is 0 Å². The van der Waals surface area contributed by atoms with Crippen LogP contribution < -0.4 is 0 Å². The van der Waals surface area contributed by atoms with E-state index in [0.717, 1.165) is 77.3 Å². The van der Waals surface area contributed by atoms with Gasteiger partial charge in [0, 0.05) is 64.0 Å². The number of fused-ring (bicyclic) bond motifs is 9. The van der Waals surface area contributed by atoms with Crippen LogP contribution >= 0.6 is 11.3 Å². The Balaban J connectivity index is 1.00. The lowest BCUT2D eigenvalue weighted by Gasteiger charge is -2.09. The minimum Gasteiger partial charge on any atom is -0.456 e. The summed E-state index contributed by atoms with van der Waals surface area (Å²) in [5.41, 5.74) is 10.3. The normalized spacial score (nSPS) is 11.9. The average molecular weight is 748 g/mol. The number of benzene rings is 8. The van der Waals surface area contributed by atoms with Crippen molar-refractivity contribution in [3.8, 4) is 56.4 Å². The van der Waals surface area contributed by atoms with Crippen LogP contribution in [-0.4, -0.2) is 15.0 Å². The summed E-state index contributed by atoms with van der Waals surface area (Å²) in [6.45, 7) is 0. The topological polar surface area (TPSA) is 65.0 Å². The molecule has 4 aromatic heterocycles. The van der Waals surface area contributed by atoms with E-state index in [1.165, 1.54) is 25.7 Å². The van der Waals surface area contributed by atoms with Gasteiger partial charge >= 0.3 is 0 Å². The number of rotatable bonds is 5. The van der Waals surface area contributed by atoms with Crippen molar-refractivity contribution in [3.05, 3.63) is 176 Å². The molecule has 57 heavy (non-hydrogen) atoms. The highest BCUT2D eigenvalue weighted by Gasteiger charge is 2.19. The second kappa shape index (κ2) is 12.6. The van der Waals surface area contributed by atoms with Crippen LogP contribution in [-0.2, 0) is 0 Å². The largest absolute Gasteiger partial charge is 0.456 e. The molecule has 0 aliphatic heterocycles. The van der Waals surface area contributed by atoms with Crippen molar-refractivity contribution in [2.75, 3.05) is 0 Å². The fourth-order valence-corrected chi connectivity index (χ4v) is 9.22. The van der Waals surface area contributed by atoms with Gasteiger partial charge in [0.25, 0.3) is 0 Å². The molecular formula is C51H29N3O2S. The quantitative estimate of drug-likeness (QED) is 0.175. The van der Waals surface area contributed by atoms with Crippen LogP contribution in [0.3, 0.4) is 0 Å². The second-order valence-electron chi connectivity index (χ2n) is 14.4. The van der Waals surface area contributed by atoms with E-state index >= 15 is 0 Å². The van der Waals surface area contributed by atoms with Gasteiger partial charge in [0.15, 0.2) is 17.5 Å². The molecule has 0 aliphatic rings. The van der Waals surface area contributed by atoms with Gasteiger partial charge in [0.1, 0.15) is 22.3 Å². The van der Waals surface area contributed by atoms with E-state index in [2.05, 4.69) is 97.1 Å². The van der Waals surface area contributed by atoms with Gasteiger partial charge in [-0.3, -0.25) is 0 Å². The molecule has 0 atom stereocenters. The first-order valence-electron chi connectivity index (χ1n) is 18.9. The molecular weight excluding hydrogens is 719 g/mol. The van der Waals surface area contributed by atoms with Gasteiger partial charge < -0.3 is 8.83 Å². The molecule has 0 spiro atoms. The Hall–Kier alpha value is -7.41. The molecule has 0 radical (unpaired) electrons. The second-order valence-corrected chi connectivity index (χ2v) is 15.5. The Morgan fingerprint density at radius 3 is 1.60 bits per heavy atom. The molecule has 5 nitrogen and oxygen atoms in total. The van der Waals surface area contributed by atoms with E-state index in [1.807, 2.05) is 90.2 Å². The zero-order valence-corrected chi connectivity index (χ0v) is 31.1. The zero-order chi connectivity index (χ0) is 37.5. The minimum atomic E-state index is 0.587. The average Bonchev–Trinajstić information content (AvgIpc) is 3.97. The number of hydrogen-bond donors (Lipinski definition) is 0. The molecule has 0 saturated heterocycles. The standard InChI is InChI=1S/C51H29N3O2S/c1-3-11-30(12-4-1)49-52-50(31-13-5-2-6-14-31)54-51(53-49)34-20-23-38-37-22-19-33(28-44(37)55-45(38)29-34)40-26-35(27-42-36-15-7-9-17-43(36)56-48(40)42)32-21-24-47-41(25-32)39-16-8-10-18-46(39)57-47/h1-29H. The summed E-state index contributed by atoms with van der Waals surface area (Å²) >= 11 is 1.84. The maximum absolute atomic E-state index is 6.67. The van der Waals surface area contributed by atoms with Crippen LogP contribution in [0.1, 0.15) is 0 Å². The van der Waals surface area contributed by atoms with Gasteiger partial charge in [-0.1, -0.05) is 115 Å². The Morgan fingerprint density at radius 2 is 0.860 bits per heavy atom. The van der Waals surface area contributed by atoms with Gasteiger partial charge in [-0.15, -0.1) is 11.3 Å². The third-order valence-electron chi connectivity index (χ3n) is 10.9. The highest BCUT2D eigenvalue weighted by atomic mass is 32.1. The predicted octanol–water partition coefficient (Wildman–Crippen LogP) is 14.4. The molecule has 4 heterocycles. The van der Waals surface area contributed by atoms with Crippen molar-refractivity contribution in [2.24, 2.45) is 0 Å². The summed E-state index contributed by atoms with van der Waals surface area (Å²) in [6, 6.07) is 61.0. The Labute approximate surface area is 330 Å². The molecule has 8 aromatic carbocycles. The van der Waals surface area contributed by atoms with Gasteiger partial charge in [0.2, 0.25) is 0 Å². The van der Waals surface area contributed by atoms with Gasteiger partial charge in [0.05, 0.1) is 0 Å². The Morgan fingerprint density at radius 1 is 0.316 bits per heavy atom. The van der Waals surface area contributed by atoms with Gasteiger partial charge in [-0.2, -0.15) is 0 Å². The lowest BCUT2D eigenvalue weighted by Crippen LogP contribution is -2.00. The molecule has 0 unspecified atom stereocenters. The van der Waals surface area contributed by atoms with E-state index in [-0.39, 0.29) is 0 Å². The summed E-state index contributed by atoms with van der Waals surface area (Å²) in [7, 11) is 0. The van der Waals surface area contributed by atoms with E-state index < -0.39 is 0 Å². The van der Waals surface area contributed by atoms with Crippen LogP contribution in [0.25, 0.3) is 120 Å². The maximum Gasteiger partial charge on any atom is 0.164 e. The van der Waals surface area contributed by atoms with Crippen LogP contribution in [0.4, 0.5) is 0 Å². The minimum absolute atomic E-state index is 0.587. The third-order valence-corrected chi connectivity index (χ3v) is 12.1. The highest BCUT2D eigenvalue weighted by molar-refractivity contribution is 7.25. The van der Waals surface area contributed by atoms with Crippen molar-refractivity contribution in [1.82, 2.24) is 15.0 Å². The first kappa shape index (κ1) is 31.9. The van der Waals surface area contributed by atoms with Crippen LogP contribution in [0, 0.1) is 0 Å². The van der Waals surface area contributed by atoms with Crippen molar-refractivity contribution in [1.29, 1.82) is 0 Å². The number of aromatic nitrogens is 3. The summed E-state index contributed by atoms with van der Waals surface area (Å²) in [4.78, 5) is 14.8. The lowest BCUT2D eigenvalue weighted by molar-refractivity contribution is 0.668. The molecule has 0 amide bonds. The van der Waals surface area contributed by atoms with E-state index in [0.29, 0.717) is 17.5 Å². The first-order valence-corrected chi connectivity index (χ1v) is 19.7. The Bertz CT molecular complexity index is 3470. The molecule has 0 saturated carbocycles. The molecule has 12 aromatic rings. The SMILES string of the molecule is c1ccc(-c2nc(-c3ccccc3)nc(-c3ccc4c(c3)oc3cc(-c5cc(-c6ccc7sc8ccccc8c7c6)cc6c5oc5ccccc56)ccc34)n2)cc1. The van der Waals surface area contributed by atoms with Gasteiger partial charge in [-0.05, 0) is 77.4 Å². The number of hydrogen-bond acceptors (Lipinski definition) is 6. The van der Waals surface area contributed by atoms with Crippen molar-refractivity contribution >= 4 is 75.4 Å². The van der Waals surface area contributed by atoms with E-state index in [4.69, 9.17) is 23.8 Å². The number of furan rings is 2. The first-order chi connectivity index (χ1) is 28.2. The lowest BCUT2D eigenvalue weighted by atomic mass is 9.94. The fraction of sp³-hybridized carbons (Fsp3) is 0. The van der Waals surface area contributed by atoms with Gasteiger partial charge in [-0.25, -0.2) is 15.0 Å². The monoisotopic (exact) mass is 747 g/mol. The number of nitrogens with zero attached hydrogens (tertiary/aromatic N) is 3. The summed E-state index contributed by atoms with van der Waals surface area (Å²) < 4.78 is 15.9. The summed E-state index contributed by atoms with van der Waals surface area (Å²) in [6.07, 6.45) is 0. The third kappa shape index (κ3) is 5.26.